The van der Waals surface area contributed by atoms with Crippen LogP contribution in [0.25, 0.3) is 0 Å². The molecule has 2 aliphatic rings. The van der Waals surface area contributed by atoms with Gasteiger partial charge in [-0.05, 0) is 25.2 Å². The third-order valence-electron chi connectivity index (χ3n) is 5.68. The van der Waals surface area contributed by atoms with Gasteiger partial charge in [-0.15, -0.1) is 0 Å². The summed E-state index contributed by atoms with van der Waals surface area (Å²) in [4.78, 5) is 12.1. The van der Waals surface area contributed by atoms with Crippen molar-refractivity contribution in [3.63, 3.8) is 0 Å². The van der Waals surface area contributed by atoms with E-state index in [1.54, 1.807) is 6.92 Å². The number of Topliss-reactive ketones (excluding diaryl/α,β-unsaturated/α-hetero) is 1. The van der Waals surface area contributed by atoms with Crippen LogP contribution in [0.1, 0.15) is 65.7 Å². The van der Waals surface area contributed by atoms with Crippen LogP contribution in [0.4, 0.5) is 0 Å². The lowest BCUT2D eigenvalue weighted by Crippen LogP contribution is -2.52. The van der Waals surface area contributed by atoms with Crippen molar-refractivity contribution < 1.29 is 9.90 Å². The molecule has 2 fully saturated rings. The second-order valence-electron chi connectivity index (χ2n) is 6.49. The number of hydrogen-bond donors (Lipinski definition) is 1. The van der Waals surface area contributed by atoms with Crippen LogP contribution in [-0.4, -0.2) is 16.5 Å². The first-order valence-electron chi connectivity index (χ1n) is 7.18. The van der Waals surface area contributed by atoms with Gasteiger partial charge in [0.05, 0.1) is 0 Å². The van der Waals surface area contributed by atoms with Crippen molar-refractivity contribution in [3.05, 3.63) is 0 Å². The molecule has 1 N–H and O–H groups in total. The minimum atomic E-state index is -1.09. The van der Waals surface area contributed by atoms with Crippen LogP contribution in [0, 0.1) is 17.3 Å². The van der Waals surface area contributed by atoms with Crippen LogP contribution in [0.5, 0.6) is 0 Å². The zero-order chi connectivity index (χ0) is 12.7. The molecule has 1 spiro atoms. The molecule has 4 atom stereocenters. The second-order valence-corrected chi connectivity index (χ2v) is 6.49. The summed E-state index contributed by atoms with van der Waals surface area (Å²) in [6.07, 6.45) is 7.73. The summed E-state index contributed by atoms with van der Waals surface area (Å²) in [6.45, 7) is 6.18. The van der Waals surface area contributed by atoms with E-state index in [2.05, 4.69) is 13.8 Å². The first kappa shape index (κ1) is 13.1. The van der Waals surface area contributed by atoms with E-state index in [4.69, 9.17) is 0 Å². The Balaban J connectivity index is 2.38. The van der Waals surface area contributed by atoms with E-state index in [1.165, 1.54) is 19.3 Å². The van der Waals surface area contributed by atoms with Gasteiger partial charge in [0.15, 0.2) is 5.78 Å². The quantitative estimate of drug-likeness (QED) is 0.703. The minimum Gasteiger partial charge on any atom is -0.382 e. The number of aliphatic hydroxyl groups is 1. The molecule has 2 aliphatic carbocycles. The summed E-state index contributed by atoms with van der Waals surface area (Å²) in [6, 6.07) is 0. The molecule has 0 bridgehead atoms. The van der Waals surface area contributed by atoms with Crippen LogP contribution in [-0.2, 0) is 4.79 Å². The zero-order valence-electron chi connectivity index (χ0n) is 11.5. The average molecular weight is 238 g/mol. The number of ketones is 1. The topological polar surface area (TPSA) is 37.3 Å². The van der Waals surface area contributed by atoms with E-state index < -0.39 is 5.60 Å². The average Bonchev–Trinajstić information content (AvgIpc) is 2.39. The Kier molecular flexibility index (Phi) is 3.37. The van der Waals surface area contributed by atoms with Crippen molar-refractivity contribution in [3.8, 4) is 0 Å². The number of rotatable bonds is 0. The lowest BCUT2D eigenvalue weighted by Gasteiger charge is -2.48. The van der Waals surface area contributed by atoms with Crippen molar-refractivity contribution >= 4 is 5.78 Å². The summed E-state index contributed by atoms with van der Waals surface area (Å²) >= 11 is 0. The predicted molar refractivity (Wildman–Crippen MR) is 68.7 cm³/mol. The number of carbonyl (C=O) groups is 1. The molecular weight excluding hydrogens is 212 g/mol. The summed E-state index contributed by atoms with van der Waals surface area (Å²) < 4.78 is 0. The summed E-state index contributed by atoms with van der Waals surface area (Å²) in [5.41, 5.74) is -1.26. The van der Waals surface area contributed by atoms with Crippen molar-refractivity contribution in [2.45, 2.75) is 71.3 Å². The molecule has 2 nitrogen and oxygen atoms in total. The van der Waals surface area contributed by atoms with E-state index in [1.807, 2.05) is 0 Å². The largest absolute Gasteiger partial charge is 0.382 e. The molecule has 98 valence electrons. The van der Waals surface area contributed by atoms with Gasteiger partial charge in [-0.25, -0.2) is 0 Å². The third-order valence-corrected chi connectivity index (χ3v) is 5.68. The molecule has 0 radical (unpaired) electrons. The van der Waals surface area contributed by atoms with Crippen LogP contribution in [0.2, 0.25) is 0 Å². The van der Waals surface area contributed by atoms with Crippen molar-refractivity contribution in [1.82, 2.24) is 0 Å². The fourth-order valence-corrected chi connectivity index (χ4v) is 4.58. The summed E-state index contributed by atoms with van der Waals surface area (Å²) in [5, 5.41) is 10.7. The molecule has 2 heteroatoms. The van der Waals surface area contributed by atoms with Crippen LogP contribution in [0.15, 0.2) is 0 Å². The van der Waals surface area contributed by atoms with Crippen molar-refractivity contribution in [2.24, 2.45) is 17.3 Å². The van der Waals surface area contributed by atoms with Crippen LogP contribution >= 0.6 is 0 Å². The van der Waals surface area contributed by atoms with Crippen LogP contribution < -0.4 is 0 Å². The first-order chi connectivity index (χ1) is 7.93. The van der Waals surface area contributed by atoms with Crippen molar-refractivity contribution in [1.29, 1.82) is 0 Å². The molecule has 0 heterocycles. The SMILES string of the molecule is CC1CCCCCCC12C(C)CC(=O)C2(C)O. The maximum Gasteiger partial charge on any atom is 0.164 e. The van der Waals surface area contributed by atoms with Crippen LogP contribution in [0.3, 0.4) is 0 Å². The zero-order valence-corrected chi connectivity index (χ0v) is 11.5. The van der Waals surface area contributed by atoms with Gasteiger partial charge in [0.2, 0.25) is 0 Å². The maximum atomic E-state index is 12.1. The van der Waals surface area contributed by atoms with Crippen molar-refractivity contribution in [2.75, 3.05) is 0 Å². The standard InChI is InChI=1S/C15H26O2/c1-11-8-6-4-5-7-9-15(11)12(2)10-13(16)14(15,3)17/h11-12,17H,4-10H2,1-3H3. The Morgan fingerprint density at radius 2 is 1.76 bits per heavy atom. The van der Waals surface area contributed by atoms with Gasteiger partial charge in [0, 0.05) is 11.8 Å². The predicted octanol–water partition coefficient (Wildman–Crippen LogP) is 3.32. The third kappa shape index (κ3) is 1.76. The molecule has 0 aromatic heterocycles. The molecule has 0 aliphatic heterocycles. The molecule has 0 aromatic rings. The second kappa shape index (κ2) is 4.38. The van der Waals surface area contributed by atoms with Gasteiger partial charge < -0.3 is 5.11 Å². The Morgan fingerprint density at radius 3 is 2.35 bits per heavy atom. The highest BCUT2D eigenvalue weighted by atomic mass is 16.3. The van der Waals surface area contributed by atoms with Gasteiger partial charge in [-0.1, -0.05) is 46.0 Å². The Labute approximate surface area is 105 Å². The maximum absolute atomic E-state index is 12.1. The van der Waals surface area contributed by atoms with Gasteiger partial charge in [0.25, 0.3) is 0 Å². The van der Waals surface area contributed by atoms with E-state index >= 15 is 0 Å². The Hall–Kier alpha value is -0.370. The monoisotopic (exact) mass is 238 g/mol. The fourth-order valence-electron chi connectivity index (χ4n) is 4.58. The normalized spacial score (nSPS) is 48.1. The number of hydrogen-bond acceptors (Lipinski definition) is 2. The van der Waals surface area contributed by atoms with E-state index in [-0.39, 0.29) is 11.2 Å². The summed E-state index contributed by atoms with van der Waals surface area (Å²) in [5.74, 6) is 0.856. The molecule has 0 amide bonds. The molecule has 2 rings (SSSR count). The molecule has 0 aromatic carbocycles. The van der Waals surface area contributed by atoms with E-state index in [0.29, 0.717) is 18.3 Å². The molecular formula is C15H26O2. The lowest BCUT2D eigenvalue weighted by atomic mass is 9.58. The Bertz CT molecular complexity index is 308. The van der Waals surface area contributed by atoms with Gasteiger partial charge in [0.1, 0.15) is 5.60 Å². The van der Waals surface area contributed by atoms with Gasteiger partial charge in [-0.3, -0.25) is 4.79 Å². The minimum absolute atomic E-state index is 0.0671. The fraction of sp³-hybridized carbons (Fsp3) is 0.933. The molecule has 17 heavy (non-hydrogen) atoms. The molecule has 0 saturated heterocycles. The van der Waals surface area contributed by atoms with E-state index in [0.717, 1.165) is 19.3 Å². The molecule has 4 unspecified atom stereocenters. The summed E-state index contributed by atoms with van der Waals surface area (Å²) in [7, 11) is 0. The Morgan fingerprint density at radius 1 is 1.12 bits per heavy atom. The highest BCUT2D eigenvalue weighted by Crippen LogP contribution is 2.57. The highest BCUT2D eigenvalue weighted by Gasteiger charge is 2.61. The first-order valence-corrected chi connectivity index (χ1v) is 7.18. The van der Waals surface area contributed by atoms with E-state index in [9.17, 15) is 9.90 Å². The highest BCUT2D eigenvalue weighted by molar-refractivity contribution is 5.90. The van der Waals surface area contributed by atoms with Gasteiger partial charge >= 0.3 is 0 Å². The number of carbonyl (C=O) groups excluding carboxylic acids is 1. The smallest absolute Gasteiger partial charge is 0.164 e. The molecule has 2 saturated carbocycles. The lowest BCUT2D eigenvalue weighted by molar-refractivity contribution is -0.149. The van der Waals surface area contributed by atoms with Gasteiger partial charge in [-0.2, -0.15) is 0 Å².